The van der Waals surface area contributed by atoms with Gasteiger partial charge in [-0.05, 0) is 30.7 Å². The average molecular weight is 254 g/mol. The smallest absolute Gasteiger partial charge is 0.232 e. The first-order valence-electron chi connectivity index (χ1n) is 5.08. The Kier molecular flexibility index (Phi) is 4.49. The molecule has 0 saturated carbocycles. The van der Waals surface area contributed by atoms with E-state index in [1.165, 1.54) is 4.31 Å². The molecule has 0 spiro atoms. The maximum atomic E-state index is 11.6. The molecule has 0 aliphatic carbocycles. The van der Waals surface area contributed by atoms with E-state index >= 15 is 0 Å². The molecule has 1 aromatic rings. The van der Waals surface area contributed by atoms with Crippen LogP contribution in [0.2, 0.25) is 0 Å². The van der Waals surface area contributed by atoms with E-state index in [4.69, 9.17) is 10.4 Å². The molecule has 1 aromatic carbocycles. The molecule has 0 atom stereocenters. The lowest BCUT2D eigenvalue weighted by Gasteiger charge is -2.21. The van der Waals surface area contributed by atoms with Crippen molar-refractivity contribution in [3.8, 4) is 6.07 Å². The van der Waals surface area contributed by atoms with Crippen LogP contribution in [0.15, 0.2) is 24.3 Å². The molecule has 92 valence electrons. The molecule has 17 heavy (non-hydrogen) atoms. The maximum absolute atomic E-state index is 11.6. The lowest BCUT2D eigenvalue weighted by atomic mass is 10.2. The summed E-state index contributed by atoms with van der Waals surface area (Å²) in [5.74, 6) is 0. The van der Waals surface area contributed by atoms with Gasteiger partial charge in [0.2, 0.25) is 10.0 Å². The minimum absolute atomic E-state index is 0.0672. The van der Waals surface area contributed by atoms with E-state index in [9.17, 15) is 8.42 Å². The third kappa shape index (κ3) is 3.73. The second-order valence-electron chi connectivity index (χ2n) is 3.57. The first-order valence-corrected chi connectivity index (χ1v) is 6.92. The number of aliphatic hydroxyl groups excluding tert-OH is 1. The molecule has 0 heterocycles. The van der Waals surface area contributed by atoms with Crippen LogP contribution < -0.4 is 4.31 Å². The number of anilines is 1. The normalized spacial score (nSPS) is 10.9. The second-order valence-corrected chi connectivity index (χ2v) is 5.48. The fourth-order valence-electron chi connectivity index (χ4n) is 1.40. The molecule has 0 amide bonds. The van der Waals surface area contributed by atoms with Crippen LogP contribution in [0.4, 0.5) is 5.69 Å². The molecular formula is C11H14N2O3S. The van der Waals surface area contributed by atoms with E-state index in [1.807, 2.05) is 6.07 Å². The van der Waals surface area contributed by atoms with Gasteiger partial charge in [-0.1, -0.05) is 0 Å². The van der Waals surface area contributed by atoms with Crippen LogP contribution in [0.3, 0.4) is 0 Å². The zero-order chi connectivity index (χ0) is 12.9. The van der Waals surface area contributed by atoms with Crippen molar-refractivity contribution in [1.29, 1.82) is 5.26 Å². The van der Waals surface area contributed by atoms with Gasteiger partial charge in [0.1, 0.15) is 0 Å². The number of hydrogen-bond acceptors (Lipinski definition) is 4. The van der Waals surface area contributed by atoms with Gasteiger partial charge in [-0.25, -0.2) is 8.42 Å². The summed E-state index contributed by atoms with van der Waals surface area (Å²) in [4.78, 5) is 0. The highest BCUT2D eigenvalue weighted by Gasteiger charge is 2.16. The Morgan fingerprint density at radius 3 is 2.35 bits per heavy atom. The van der Waals surface area contributed by atoms with E-state index in [0.717, 1.165) is 6.26 Å². The molecule has 0 saturated heterocycles. The van der Waals surface area contributed by atoms with Gasteiger partial charge in [-0.2, -0.15) is 5.26 Å². The standard InChI is InChI=1S/C11H14N2O3S/c1-17(15,16)13(7-2-8-14)11-5-3-10(9-12)4-6-11/h3-6,14H,2,7-8H2,1H3. The number of nitrogens with zero attached hydrogens (tertiary/aromatic N) is 2. The zero-order valence-electron chi connectivity index (χ0n) is 9.50. The third-order valence-corrected chi connectivity index (χ3v) is 3.40. The average Bonchev–Trinajstić information content (AvgIpc) is 2.29. The van der Waals surface area contributed by atoms with Gasteiger partial charge in [0.25, 0.3) is 0 Å². The van der Waals surface area contributed by atoms with Gasteiger partial charge < -0.3 is 5.11 Å². The highest BCUT2D eigenvalue weighted by Crippen LogP contribution is 2.18. The van der Waals surface area contributed by atoms with Crippen molar-refractivity contribution in [3.63, 3.8) is 0 Å². The van der Waals surface area contributed by atoms with Gasteiger partial charge in [-0.3, -0.25) is 4.31 Å². The molecule has 0 aromatic heterocycles. The molecule has 1 N–H and O–H groups in total. The molecule has 0 aliphatic heterocycles. The Morgan fingerprint density at radius 2 is 1.94 bits per heavy atom. The lowest BCUT2D eigenvalue weighted by molar-refractivity contribution is 0.291. The van der Waals surface area contributed by atoms with Gasteiger partial charge >= 0.3 is 0 Å². The SMILES string of the molecule is CS(=O)(=O)N(CCCO)c1ccc(C#N)cc1. The van der Waals surface area contributed by atoms with Crippen LogP contribution in [-0.4, -0.2) is 32.9 Å². The number of aliphatic hydroxyl groups is 1. The van der Waals surface area contributed by atoms with Crippen molar-refractivity contribution >= 4 is 15.7 Å². The number of nitriles is 1. The summed E-state index contributed by atoms with van der Waals surface area (Å²) >= 11 is 0. The third-order valence-electron chi connectivity index (χ3n) is 2.20. The van der Waals surface area contributed by atoms with Crippen LogP contribution in [-0.2, 0) is 10.0 Å². The largest absolute Gasteiger partial charge is 0.396 e. The van der Waals surface area contributed by atoms with E-state index in [1.54, 1.807) is 24.3 Å². The lowest BCUT2D eigenvalue weighted by Crippen LogP contribution is -2.31. The van der Waals surface area contributed by atoms with Crippen molar-refractivity contribution in [2.45, 2.75) is 6.42 Å². The van der Waals surface area contributed by atoms with Crippen molar-refractivity contribution in [2.75, 3.05) is 23.7 Å². The summed E-state index contributed by atoms with van der Waals surface area (Å²) < 4.78 is 24.4. The monoisotopic (exact) mass is 254 g/mol. The van der Waals surface area contributed by atoms with Crippen molar-refractivity contribution in [3.05, 3.63) is 29.8 Å². The first-order chi connectivity index (χ1) is 7.99. The van der Waals surface area contributed by atoms with E-state index in [-0.39, 0.29) is 13.2 Å². The molecule has 5 nitrogen and oxygen atoms in total. The van der Waals surface area contributed by atoms with Crippen LogP contribution in [0.5, 0.6) is 0 Å². The predicted molar refractivity (Wildman–Crippen MR) is 65.0 cm³/mol. The Hall–Kier alpha value is -1.58. The molecule has 0 radical (unpaired) electrons. The van der Waals surface area contributed by atoms with E-state index in [0.29, 0.717) is 17.7 Å². The first kappa shape index (κ1) is 13.5. The predicted octanol–water partition coefficient (Wildman–Crippen LogP) is 0.707. The Balaban J connectivity index is 3.01. The minimum Gasteiger partial charge on any atom is -0.396 e. The number of rotatable bonds is 5. The second kappa shape index (κ2) is 5.66. The number of benzene rings is 1. The summed E-state index contributed by atoms with van der Waals surface area (Å²) in [5, 5.41) is 17.4. The minimum atomic E-state index is -3.37. The summed E-state index contributed by atoms with van der Waals surface area (Å²) in [6.45, 7) is 0.156. The maximum Gasteiger partial charge on any atom is 0.232 e. The highest BCUT2D eigenvalue weighted by molar-refractivity contribution is 7.92. The molecule has 0 bridgehead atoms. The van der Waals surface area contributed by atoms with Gasteiger partial charge in [0.05, 0.1) is 23.6 Å². The van der Waals surface area contributed by atoms with Crippen LogP contribution >= 0.6 is 0 Å². The summed E-state index contributed by atoms with van der Waals surface area (Å²) in [5.41, 5.74) is 0.976. The van der Waals surface area contributed by atoms with Crippen LogP contribution in [0.1, 0.15) is 12.0 Å². The molecular weight excluding hydrogens is 240 g/mol. The van der Waals surface area contributed by atoms with Crippen LogP contribution in [0, 0.1) is 11.3 Å². The number of hydrogen-bond donors (Lipinski definition) is 1. The zero-order valence-corrected chi connectivity index (χ0v) is 10.3. The van der Waals surface area contributed by atoms with Gasteiger partial charge in [-0.15, -0.1) is 0 Å². The summed E-state index contributed by atoms with van der Waals surface area (Å²) in [6.07, 6.45) is 1.48. The summed E-state index contributed by atoms with van der Waals surface area (Å²) in [7, 11) is -3.37. The fraction of sp³-hybridized carbons (Fsp3) is 0.364. The Bertz CT molecular complexity index is 503. The molecule has 0 fully saturated rings. The molecule has 0 aliphatic rings. The number of sulfonamides is 1. The quantitative estimate of drug-likeness (QED) is 0.839. The van der Waals surface area contributed by atoms with E-state index < -0.39 is 10.0 Å². The van der Waals surface area contributed by atoms with Crippen molar-refractivity contribution in [1.82, 2.24) is 0 Å². The Morgan fingerprint density at radius 1 is 1.35 bits per heavy atom. The van der Waals surface area contributed by atoms with Gasteiger partial charge in [0, 0.05) is 13.2 Å². The van der Waals surface area contributed by atoms with Gasteiger partial charge in [0.15, 0.2) is 0 Å². The van der Waals surface area contributed by atoms with Crippen LogP contribution in [0.25, 0.3) is 0 Å². The topological polar surface area (TPSA) is 81.4 Å². The van der Waals surface area contributed by atoms with Crippen molar-refractivity contribution in [2.24, 2.45) is 0 Å². The highest BCUT2D eigenvalue weighted by atomic mass is 32.2. The fourth-order valence-corrected chi connectivity index (χ4v) is 2.37. The van der Waals surface area contributed by atoms with E-state index in [2.05, 4.69) is 0 Å². The molecule has 1 rings (SSSR count). The molecule has 0 unspecified atom stereocenters. The Labute approximate surface area is 101 Å². The van der Waals surface area contributed by atoms with Crippen molar-refractivity contribution < 1.29 is 13.5 Å². The summed E-state index contributed by atoms with van der Waals surface area (Å²) in [6, 6.07) is 8.25. The molecule has 6 heteroatoms.